The standard InChI is InChI=1S/C12H20N4O/c1-4-9(5-2)8-14-11-7-6-10(15-16-11)12(17)13-3/h6-7,9H,4-5,8H2,1-3H3,(H,13,17)(H,14,16). The van der Waals surface area contributed by atoms with Gasteiger partial charge in [0.05, 0.1) is 0 Å². The van der Waals surface area contributed by atoms with Gasteiger partial charge in [-0.2, -0.15) is 0 Å². The number of carbonyl (C=O) groups is 1. The summed E-state index contributed by atoms with van der Waals surface area (Å²) in [6.45, 7) is 5.24. The third-order valence-corrected chi connectivity index (χ3v) is 2.85. The third kappa shape index (κ3) is 4.01. The number of amides is 1. The van der Waals surface area contributed by atoms with Crippen LogP contribution in [0.3, 0.4) is 0 Å². The minimum atomic E-state index is -0.218. The molecule has 1 amide bonds. The van der Waals surface area contributed by atoms with Crippen LogP contribution in [-0.2, 0) is 0 Å². The van der Waals surface area contributed by atoms with E-state index in [-0.39, 0.29) is 5.91 Å². The fourth-order valence-corrected chi connectivity index (χ4v) is 1.50. The Balaban J connectivity index is 2.53. The topological polar surface area (TPSA) is 66.9 Å². The Morgan fingerprint density at radius 3 is 2.47 bits per heavy atom. The zero-order valence-electron chi connectivity index (χ0n) is 10.7. The summed E-state index contributed by atoms with van der Waals surface area (Å²) in [6.07, 6.45) is 2.29. The molecule has 0 saturated carbocycles. The van der Waals surface area contributed by atoms with Crippen LogP contribution in [0.4, 0.5) is 5.82 Å². The number of hydrogen-bond donors (Lipinski definition) is 2. The summed E-state index contributed by atoms with van der Waals surface area (Å²) in [5.41, 5.74) is 0.334. The molecule has 1 heterocycles. The average Bonchev–Trinajstić information content (AvgIpc) is 2.39. The van der Waals surface area contributed by atoms with Gasteiger partial charge in [0.15, 0.2) is 5.69 Å². The smallest absolute Gasteiger partial charge is 0.271 e. The highest BCUT2D eigenvalue weighted by molar-refractivity contribution is 5.91. The van der Waals surface area contributed by atoms with E-state index in [1.807, 2.05) is 0 Å². The third-order valence-electron chi connectivity index (χ3n) is 2.85. The van der Waals surface area contributed by atoms with Gasteiger partial charge in [-0.15, -0.1) is 10.2 Å². The molecule has 17 heavy (non-hydrogen) atoms. The van der Waals surface area contributed by atoms with Crippen LogP contribution in [0.15, 0.2) is 12.1 Å². The fourth-order valence-electron chi connectivity index (χ4n) is 1.50. The highest BCUT2D eigenvalue weighted by Gasteiger charge is 2.06. The van der Waals surface area contributed by atoms with Gasteiger partial charge in [0, 0.05) is 13.6 Å². The van der Waals surface area contributed by atoms with Crippen LogP contribution >= 0.6 is 0 Å². The molecule has 5 heteroatoms. The zero-order chi connectivity index (χ0) is 12.7. The van der Waals surface area contributed by atoms with E-state index < -0.39 is 0 Å². The molecule has 0 aliphatic rings. The molecule has 0 bridgehead atoms. The van der Waals surface area contributed by atoms with Crippen molar-refractivity contribution in [3.05, 3.63) is 17.8 Å². The van der Waals surface area contributed by atoms with E-state index in [4.69, 9.17) is 0 Å². The van der Waals surface area contributed by atoms with Gasteiger partial charge in [-0.3, -0.25) is 4.79 Å². The van der Waals surface area contributed by atoms with E-state index >= 15 is 0 Å². The van der Waals surface area contributed by atoms with Crippen molar-refractivity contribution in [1.82, 2.24) is 15.5 Å². The van der Waals surface area contributed by atoms with E-state index in [0.29, 0.717) is 17.4 Å². The maximum absolute atomic E-state index is 11.2. The predicted octanol–water partition coefficient (Wildman–Crippen LogP) is 1.68. The van der Waals surface area contributed by atoms with Gasteiger partial charge in [-0.05, 0) is 18.1 Å². The molecule has 1 aromatic rings. The van der Waals surface area contributed by atoms with Crippen LogP contribution in [-0.4, -0.2) is 29.7 Å². The first-order valence-corrected chi connectivity index (χ1v) is 6.00. The molecule has 0 atom stereocenters. The Morgan fingerprint density at radius 2 is 2.00 bits per heavy atom. The summed E-state index contributed by atoms with van der Waals surface area (Å²) in [6, 6.07) is 3.45. The van der Waals surface area contributed by atoms with Crippen molar-refractivity contribution in [1.29, 1.82) is 0 Å². The van der Waals surface area contributed by atoms with Gasteiger partial charge in [-0.25, -0.2) is 0 Å². The molecule has 0 aromatic carbocycles. The number of aromatic nitrogens is 2. The lowest BCUT2D eigenvalue weighted by Gasteiger charge is -2.13. The summed E-state index contributed by atoms with van der Waals surface area (Å²) in [7, 11) is 1.57. The van der Waals surface area contributed by atoms with E-state index in [9.17, 15) is 4.79 Å². The molecule has 0 unspecified atom stereocenters. The van der Waals surface area contributed by atoms with Crippen molar-refractivity contribution in [3.8, 4) is 0 Å². The SMILES string of the molecule is CCC(CC)CNc1ccc(C(=O)NC)nn1. The average molecular weight is 236 g/mol. The second-order valence-corrected chi connectivity index (χ2v) is 3.95. The maximum Gasteiger partial charge on any atom is 0.271 e. The van der Waals surface area contributed by atoms with E-state index in [1.165, 1.54) is 0 Å². The van der Waals surface area contributed by atoms with Crippen molar-refractivity contribution in [2.24, 2.45) is 5.92 Å². The molecule has 94 valence electrons. The number of carbonyl (C=O) groups excluding carboxylic acids is 1. The van der Waals surface area contributed by atoms with Crippen LogP contribution in [0, 0.1) is 5.92 Å². The van der Waals surface area contributed by atoms with E-state index in [2.05, 4.69) is 34.7 Å². The van der Waals surface area contributed by atoms with Crippen molar-refractivity contribution in [2.75, 3.05) is 18.9 Å². The monoisotopic (exact) mass is 236 g/mol. The molecule has 1 rings (SSSR count). The molecule has 0 aliphatic carbocycles. The van der Waals surface area contributed by atoms with Gasteiger partial charge in [0.25, 0.3) is 5.91 Å². The molecule has 0 spiro atoms. The van der Waals surface area contributed by atoms with Crippen molar-refractivity contribution in [2.45, 2.75) is 26.7 Å². The minimum absolute atomic E-state index is 0.218. The lowest BCUT2D eigenvalue weighted by molar-refractivity contribution is 0.0957. The van der Waals surface area contributed by atoms with Gasteiger partial charge in [-0.1, -0.05) is 26.7 Å². The second kappa shape index (κ2) is 6.83. The largest absolute Gasteiger partial charge is 0.368 e. The predicted molar refractivity (Wildman–Crippen MR) is 68.0 cm³/mol. The van der Waals surface area contributed by atoms with Gasteiger partial charge < -0.3 is 10.6 Å². The van der Waals surface area contributed by atoms with Crippen LogP contribution in [0.2, 0.25) is 0 Å². The van der Waals surface area contributed by atoms with Gasteiger partial charge in [0.1, 0.15) is 5.82 Å². The molecule has 0 fully saturated rings. The van der Waals surface area contributed by atoms with Crippen molar-refractivity contribution in [3.63, 3.8) is 0 Å². The van der Waals surface area contributed by atoms with Crippen LogP contribution < -0.4 is 10.6 Å². The molecule has 0 saturated heterocycles. The van der Waals surface area contributed by atoms with Gasteiger partial charge >= 0.3 is 0 Å². The summed E-state index contributed by atoms with van der Waals surface area (Å²) >= 11 is 0. The van der Waals surface area contributed by atoms with Crippen LogP contribution in [0.5, 0.6) is 0 Å². The second-order valence-electron chi connectivity index (χ2n) is 3.95. The lowest BCUT2D eigenvalue weighted by atomic mass is 10.0. The Hall–Kier alpha value is -1.65. The zero-order valence-corrected chi connectivity index (χ0v) is 10.7. The molecular weight excluding hydrogens is 216 g/mol. The highest BCUT2D eigenvalue weighted by atomic mass is 16.1. The molecule has 2 N–H and O–H groups in total. The number of anilines is 1. The Morgan fingerprint density at radius 1 is 1.29 bits per heavy atom. The summed E-state index contributed by atoms with van der Waals surface area (Å²) in [5.74, 6) is 1.14. The van der Waals surface area contributed by atoms with Crippen molar-refractivity contribution >= 4 is 11.7 Å². The first-order valence-electron chi connectivity index (χ1n) is 6.00. The normalized spacial score (nSPS) is 10.4. The molecule has 1 aromatic heterocycles. The first-order chi connectivity index (χ1) is 8.21. The number of nitrogens with one attached hydrogen (secondary N) is 2. The van der Waals surface area contributed by atoms with Crippen molar-refractivity contribution < 1.29 is 4.79 Å². The van der Waals surface area contributed by atoms with Crippen LogP contribution in [0.25, 0.3) is 0 Å². The Labute approximate surface area is 102 Å². The molecule has 0 aliphatic heterocycles. The van der Waals surface area contributed by atoms with Crippen LogP contribution in [0.1, 0.15) is 37.2 Å². The Kier molecular flexibility index (Phi) is 5.39. The fraction of sp³-hybridized carbons (Fsp3) is 0.583. The highest BCUT2D eigenvalue weighted by Crippen LogP contribution is 2.09. The quantitative estimate of drug-likeness (QED) is 0.788. The molecule has 0 radical (unpaired) electrons. The lowest BCUT2D eigenvalue weighted by Crippen LogP contribution is -2.20. The summed E-state index contributed by atoms with van der Waals surface area (Å²) in [5, 5.41) is 13.6. The Bertz CT molecular complexity index is 346. The summed E-state index contributed by atoms with van der Waals surface area (Å²) < 4.78 is 0. The number of nitrogens with zero attached hydrogens (tertiary/aromatic N) is 2. The number of hydrogen-bond acceptors (Lipinski definition) is 4. The van der Waals surface area contributed by atoms with E-state index in [1.54, 1.807) is 19.2 Å². The summed E-state index contributed by atoms with van der Waals surface area (Å²) in [4.78, 5) is 11.2. The number of rotatable bonds is 6. The molecular formula is C12H20N4O. The van der Waals surface area contributed by atoms with E-state index in [0.717, 1.165) is 19.4 Å². The molecule has 5 nitrogen and oxygen atoms in total. The first kappa shape index (κ1) is 13.4. The maximum atomic E-state index is 11.2. The minimum Gasteiger partial charge on any atom is -0.368 e. The van der Waals surface area contributed by atoms with Gasteiger partial charge in [0.2, 0.25) is 0 Å².